The van der Waals surface area contributed by atoms with Crippen LogP contribution in [0.3, 0.4) is 0 Å². The van der Waals surface area contributed by atoms with Gasteiger partial charge in [0.05, 0.1) is 0 Å². The molecule has 0 bridgehead atoms. The molecular weight excluding hydrogens is 275 g/mol. The Labute approximate surface area is 98.1 Å². The van der Waals surface area contributed by atoms with Crippen LogP contribution >= 0.6 is 0 Å². The van der Waals surface area contributed by atoms with Crippen LogP contribution in [0.15, 0.2) is 60.7 Å². The molecule has 0 N–H and O–H groups in total. The van der Waals surface area contributed by atoms with Gasteiger partial charge in [0.2, 0.25) is 0 Å². The normalized spacial score (nSPS) is 10.4. The van der Waals surface area contributed by atoms with E-state index in [-0.39, 0.29) is 0 Å². The molecule has 2 aromatic carbocycles. The van der Waals surface area contributed by atoms with Crippen molar-refractivity contribution in [3.63, 3.8) is 0 Å². The summed E-state index contributed by atoms with van der Waals surface area (Å²) >= 11 is 0.923. The predicted molar refractivity (Wildman–Crippen MR) is 63.3 cm³/mol. The maximum absolute atomic E-state index is 2.22. The van der Waals surface area contributed by atoms with Crippen molar-refractivity contribution in [2.24, 2.45) is 0 Å². The molecule has 0 amide bonds. The standard InChI is InChI=1S/C13H11.Sn.2H/c1-3-7-12(8-4-1)11-13-9-5-2-6-10-13;;;/h1-11H;;;. The monoisotopic (exact) mass is 289 g/mol. The first-order valence-corrected chi connectivity index (χ1v) is 7.14. The maximum atomic E-state index is 2.22. The van der Waals surface area contributed by atoms with Crippen molar-refractivity contribution in [2.45, 2.75) is 3.93 Å². The van der Waals surface area contributed by atoms with Crippen LogP contribution in [0.5, 0.6) is 0 Å². The quantitative estimate of drug-likeness (QED) is 0.744. The molecule has 0 aliphatic heterocycles. The zero-order valence-electron chi connectivity index (χ0n) is 8.06. The van der Waals surface area contributed by atoms with Crippen LogP contribution in [0.2, 0.25) is 0 Å². The molecule has 14 heavy (non-hydrogen) atoms. The average molecular weight is 288 g/mol. The van der Waals surface area contributed by atoms with E-state index in [1.54, 1.807) is 0 Å². The molecule has 2 rings (SSSR count). The second-order valence-electron chi connectivity index (χ2n) is 3.37. The van der Waals surface area contributed by atoms with Crippen molar-refractivity contribution in [3.05, 3.63) is 71.8 Å². The molecule has 0 nitrogen and oxygen atoms in total. The first kappa shape index (κ1) is 9.78. The molecule has 69 valence electrons. The summed E-state index contributed by atoms with van der Waals surface area (Å²) in [5.74, 6) is 0. The fraction of sp³-hybridized carbons (Fsp3) is 0.0769. The Bertz CT molecular complexity index is 341. The van der Waals surface area contributed by atoms with Crippen LogP contribution < -0.4 is 0 Å². The summed E-state index contributed by atoms with van der Waals surface area (Å²) in [6, 6.07) is 21.5. The van der Waals surface area contributed by atoms with Crippen LogP contribution in [0.25, 0.3) is 0 Å². The third kappa shape index (κ3) is 2.18. The summed E-state index contributed by atoms with van der Waals surface area (Å²) in [7, 11) is 0. The number of benzene rings is 2. The number of rotatable bonds is 2. The van der Waals surface area contributed by atoms with Gasteiger partial charge in [-0.1, -0.05) is 0 Å². The van der Waals surface area contributed by atoms with Crippen LogP contribution in [-0.2, 0) is 0 Å². The molecule has 0 spiro atoms. The summed E-state index contributed by atoms with van der Waals surface area (Å²) in [6.45, 7) is 0. The van der Waals surface area contributed by atoms with Crippen LogP contribution in [0.4, 0.5) is 0 Å². The minimum atomic E-state index is 0.654. The predicted octanol–water partition coefficient (Wildman–Crippen LogP) is 2.41. The molecule has 0 aromatic heterocycles. The fourth-order valence-corrected chi connectivity index (χ4v) is 3.12. The Kier molecular flexibility index (Phi) is 3.25. The van der Waals surface area contributed by atoms with E-state index in [1.165, 1.54) is 11.1 Å². The molecule has 0 unspecified atom stereocenters. The fourth-order valence-electron chi connectivity index (χ4n) is 1.56. The SMILES string of the molecule is [SnH2][CH](c1ccccc1)c1ccccc1. The molecular formula is C13H13Sn. The first-order valence-electron chi connectivity index (χ1n) is 4.81. The van der Waals surface area contributed by atoms with Gasteiger partial charge in [-0.25, -0.2) is 0 Å². The second kappa shape index (κ2) is 4.65. The van der Waals surface area contributed by atoms with Crippen molar-refractivity contribution in [1.29, 1.82) is 0 Å². The van der Waals surface area contributed by atoms with Crippen molar-refractivity contribution in [3.8, 4) is 0 Å². The Morgan fingerprint density at radius 3 is 1.36 bits per heavy atom. The molecule has 0 aliphatic rings. The topological polar surface area (TPSA) is 0 Å². The van der Waals surface area contributed by atoms with E-state index >= 15 is 0 Å². The van der Waals surface area contributed by atoms with Gasteiger partial charge in [0.1, 0.15) is 0 Å². The Hall–Kier alpha value is -0.761. The molecule has 0 saturated heterocycles. The summed E-state index contributed by atoms with van der Waals surface area (Å²) < 4.78 is 0.654. The van der Waals surface area contributed by atoms with E-state index in [0.717, 1.165) is 22.5 Å². The molecule has 0 aliphatic carbocycles. The molecule has 0 fully saturated rings. The van der Waals surface area contributed by atoms with Gasteiger partial charge in [-0.05, 0) is 0 Å². The van der Waals surface area contributed by atoms with E-state index < -0.39 is 0 Å². The van der Waals surface area contributed by atoms with Gasteiger partial charge >= 0.3 is 98.2 Å². The van der Waals surface area contributed by atoms with E-state index in [1.807, 2.05) is 0 Å². The Morgan fingerprint density at radius 2 is 1.00 bits per heavy atom. The van der Waals surface area contributed by atoms with Crippen molar-refractivity contribution < 1.29 is 0 Å². The van der Waals surface area contributed by atoms with Gasteiger partial charge in [-0.15, -0.1) is 0 Å². The van der Waals surface area contributed by atoms with Crippen molar-refractivity contribution in [2.75, 3.05) is 0 Å². The molecule has 0 atom stereocenters. The van der Waals surface area contributed by atoms with Gasteiger partial charge in [0, 0.05) is 0 Å². The van der Waals surface area contributed by atoms with Gasteiger partial charge in [0.25, 0.3) is 0 Å². The molecule has 0 saturated carbocycles. The Balaban J connectivity index is 2.30. The summed E-state index contributed by atoms with van der Waals surface area (Å²) in [4.78, 5) is 0. The van der Waals surface area contributed by atoms with Crippen molar-refractivity contribution >= 4 is 22.5 Å². The van der Waals surface area contributed by atoms with Gasteiger partial charge < -0.3 is 0 Å². The molecule has 1 heteroatoms. The van der Waals surface area contributed by atoms with Gasteiger partial charge in [0.15, 0.2) is 0 Å². The summed E-state index contributed by atoms with van der Waals surface area (Å²) in [5.41, 5.74) is 2.90. The number of hydrogen-bond acceptors (Lipinski definition) is 0. The van der Waals surface area contributed by atoms with Gasteiger partial charge in [-0.3, -0.25) is 0 Å². The van der Waals surface area contributed by atoms with Gasteiger partial charge in [-0.2, -0.15) is 0 Å². The zero-order valence-corrected chi connectivity index (χ0v) is 12.1. The molecule has 0 heterocycles. The van der Waals surface area contributed by atoms with E-state index in [9.17, 15) is 0 Å². The van der Waals surface area contributed by atoms with E-state index in [2.05, 4.69) is 60.7 Å². The van der Waals surface area contributed by atoms with Crippen LogP contribution in [0, 0.1) is 0 Å². The zero-order chi connectivity index (χ0) is 9.80. The van der Waals surface area contributed by atoms with Crippen molar-refractivity contribution in [1.82, 2.24) is 0 Å². The average Bonchev–Trinajstić information content (AvgIpc) is 2.30. The molecule has 2 aromatic rings. The summed E-state index contributed by atoms with van der Waals surface area (Å²) in [5, 5.41) is 0. The third-order valence-electron chi connectivity index (χ3n) is 2.40. The molecule has 1 radical (unpaired) electrons. The minimum absolute atomic E-state index is 0.654. The van der Waals surface area contributed by atoms with Crippen LogP contribution in [0.1, 0.15) is 15.1 Å². The third-order valence-corrected chi connectivity index (χ3v) is 5.09. The number of hydrogen-bond donors (Lipinski definition) is 0. The van der Waals surface area contributed by atoms with Crippen LogP contribution in [-0.4, -0.2) is 22.5 Å². The summed E-state index contributed by atoms with van der Waals surface area (Å²) in [6.07, 6.45) is 0. The first-order chi connectivity index (χ1) is 6.88. The van der Waals surface area contributed by atoms with E-state index in [4.69, 9.17) is 0 Å². The Morgan fingerprint density at radius 1 is 0.643 bits per heavy atom. The van der Waals surface area contributed by atoms with E-state index in [0.29, 0.717) is 3.93 Å². The second-order valence-corrected chi connectivity index (χ2v) is 5.70.